The fourth-order valence-corrected chi connectivity index (χ4v) is 6.94. The van der Waals surface area contributed by atoms with E-state index in [4.69, 9.17) is 14.8 Å². The first kappa shape index (κ1) is 32.4. The molecule has 7 rings (SSSR count). The van der Waals surface area contributed by atoms with Crippen LogP contribution in [0, 0.1) is 26.7 Å². The molecule has 0 unspecified atom stereocenters. The summed E-state index contributed by atoms with van der Waals surface area (Å²) in [5.41, 5.74) is 11.4. The van der Waals surface area contributed by atoms with Gasteiger partial charge in [-0.3, -0.25) is 4.57 Å². The van der Waals surface area contributed by atoms with E-state index >= 15 is 0 Å². The summed E-state index contributed by atoms with van der Waals surface area (Å²) in [7, 11) is 0. The molecule has 0 bridgehead atoms. The molecule has 0 atom stereocenters. The molecule has 0 N–H and O–H groups in total. The summed E-state index contributed by atoms with van der Waals surface area (Å²) in [6, 6.07) is 34.5. The van der Waals surface area contributed by atoms with Crippen LogP contribution in [-0.4, -0.2) is 19.3 Å². The molecule has 0 amide bonds. The van der Waals surface area contributed by atoms with Gasteiger partial charge in [-0.1, -0.05) is 71.0 Å². The van der Waals surface area contributed by atoms with Gasteiger partial charge < -0.3 is 4.74 Å². The number of pyridine rings is 1. The molecule has 0 fully saturated rings. The molecule has 0 aliphatic heterocycles. The van der Waals surface area contributed by atoms with Crippen LogP contribution in [0.25, 0.3) is 44.4 Å². The van der Waals surface area contributed by atoms with Crippen LogP contribution < -0.4 is 4.74 Å². The monoisotopic (exact) mass is 646 g/mol. The Kier molecular flexibility index (Phi) is 8.40. The van der Waals surface area contributed by atoms with Gasteiger partial charge in [-0.25, -0.2) is 9.67 Å². The molecule has 3 heterocycles. The van der Waals surface area contributed by atoms with Crippen molar-refractivity contribution in [1.82, 2.24) is 19.3 Å². The number of hydrogen-bond acceptors (Lipinski definition) is 3. The third kappa shape index (κ3) is 6.38. The molecule has 3 aromatic heterocycles. The summed E-state index contributed by atoms with van der Waals surface area (Å²) in [4.78, 5) is 4.90. The minimum Gasteiger partial charge on any atom is -0.457 e. The molecular weight excluding hydrogens is 601 g/mol. The second-order valence-electron chi connectivity index (χ2n) is 14.9. The quantitative estimate of drug-likeness (QED) is 0.165. The lowest BCUT2D eigenvalue weighted by molar-refractivity contribution is 0.482. The van der Waals surface area contributed by atoms with E-state index in [9.17, 15) is 0 Å². The van der Waals surface area contributed by atoms with Gasteiger partial charge in [0.2, 0.25) is 0 Å². The van der Waals surface area contributed by atoms with Crippen molar-refractivity contribution in [2.45, 2.75) is 73.6 Å². The molecule has 0 radical (unpaired) electrons. The standard InChI is InChI=1S/C44H46N4O/c1-28(2)14-15-32-16-19-40-39(24-32)38-18-17-36(27-41(38)47(40)42-25-34(20-21-45-42)44(6,7)8)49-37-23-29(3)22-35(26-37)48-31(5)43(30(4)46-48)33-12-10-9-11-13-33/h9-13,16-28H,14-15H2,1-8H3. The van der Waals surface area contributed by atoms with E-state index < -0.39 is 0 Å². The van der Waals surface area contributed by atoms with E-state index in [2.05, 4.69) is 151 Å². The fraction of sp³-hybridized carbons (Fsp3) is 0.273. The number of nitrogens with zero attached hydrogens (tertiary/aromatic N) is 4. The molecular formula is C44H46N4O. The van der Waals surface area contributed by atoms with Crippen LogP contribution in [0.3, 0.4) is 0 Å². The average molecular weight is 647 g/mol. The van der Waals surface area contributed by atoms with Crippen molar-refractivity contribution in [3.05, 3.63) is 131 Å². The van der Waals surface area contributed by atoms with Gasteiger partial charge >= 0.3 is 0 Å². The topological polar surface area (TPSA) is 44.9 Å². The van der Waals surface area contributed by atoms with Gasteiger partial charge in [-0.05, 0) is 116 Å². The van der Waals surface area contributed by atoms with Crippen molar-refractivity contribution in [2.75, 3.05) is 0 Å². The van der Waals surface area contributed by atoms with Gasteiger partial charge in [-0.15, -0.1) is 0 Å². The van der Waals surface area contributed by atoms with Gasteiger partial charge in [0.1, 0.15) is 17.3 Å². The molecule has 5 heteroatoms. The molecule has 5 nitrogen and oxygen atoms in total. The molecule has 0 aliphatic rings. The number of hydrogen-bond donors (Lipinski definition) is 0. The maximum absolute atomic E-state index is 6.67. The number of ether oxygens (including phenoxy) is 1. The van der Waals surface area contributed by atoms with Crippen LogP contribution in [0.15, 0.2) is 103 Å². The van der Waals surface area contributed by atoms with Crippen molar-refractivity contribution < 1.29 is 4.74 Å². The van der Waals surface area contributed by atoms with Crippen molar-refractivity contribution >= 4 is 21.8 Å². The second kappa shape index (κ2) is 12.7. The number of aryl methyl sites for hydroxylation is 3. The van der Waals surface area contributed by atoms with Crippen molar-refractivity contribution in [3.63, 3.8) is 0 Å². The highest BCUT2D eigenvalue weighted by molar-refractivity contribution is 6.09. The summed E-state index contributed by atoms with van der Waals surface area (Å²) in [6.45, 7) is 17.6. The summed E-state index contributed by atoms with van der Waals surface area (Å²) < 4.78 is 11.0. The van der Waals surface area contributed by atoms with Crippen LogP contribution in [-0.2, 0) is 11.8 Å². The van der Waals surface area contributed by atoms with Gasteiger partial charge in [0, 0.05) is 40.4 Å². The van der Waals surface area contributed by atoms with Gasteiger partial charge in [0.05, 0.1) is 22.4 Å². The lowest BCUT2D eigenvalue weighted by Crippen LogP contribution is -2.12. The molecule has 4 aromatic carbocycles. The van der Waals surface area contributed by atoms with E-state index in [0.29, 0.717) is 5.92 Å². The minimum absolute atomic E-state index is 0.00490. The summed E-state index contributed by atoms with van der Waals surface area (Å²) in [5, 5.41) is 7.39. The maximum Gasteiger partial charge on any atom is 0.137 e. The molecule has 7 aromatic rings. The number of fused-ring (bicyclic) bond motifs is 3. The molecule has 49 heavy (non-hydrogen) atoms. The molecule has 0 spiro atoms. The van der Waals surface area contributed by atoms with Crippen LogP contribution in [0.5, 0.6) is 11.5 Å². The Balaban J connectivity index is 1.32. The Labute approximate surface area is 290 Å². The summed E-state index contributed by atoms with van der Waals surface area (Å²) in [6.07, 6.45) is 4.17. The lowest BCUT2D eigenvalue weighted by atomic mass is 9.88. The Bertz CT molecular complexity index is 2300. The highest BCUT2D eigenvalue weighted by Gasteiger charge is 2.20. The first-order chi connectivity index (χ1) is 23.5. The Hall–Kier alpha value is -5.16. The smallest absolute Gasteiger partial charge is 0.137 e. The summed E-state index contributed by atoms with van der Waals surface area (Å²) in [5.74, 6) is 3.12. The van der Waals surface area contributed by atoms with E-state index in [1.807, 2.05) is 16.9 Å². The number of benzene rings is 4. The first-order valence-electron chi connectivity index (χ1n) is 17.4. The Morgan fingerprint density at radius 1 is 0.755 bits per heavy atom. The molecule has 248 valence electrons. The van der Waals surface area contributed by atoms with E-state index in [-0.39, 0.29) is 5.41 Å². The fourth-order valence-electron chi connectivity index (χ4n) is 6.94. The molecule has 0 saturated carbocycles. The number of rotatable bonds is 8. The molecule has 0 aliphatic carbocycles. The third-order valence-corrected chi connectivity index (χ3v) is 9.52. The van der Waals surface area contributed by atoms with E-state index in [1.165, 1.54) is 39.4 Å². The minimum atomic E-state index is 0.00490. The predicted octanol–water partition coefficient (Wildman–Crippen LogP) is 11.6. The van der Waals surface area contributed by atoms with Crippen molar-refractivity contribution in [3.8, 4) is 34.1 Å². The second-order valence-corrected chi connectivity index (χ2v) is 14.9. The van der Waals surface area contributed by atoms with Gasteiger partial charge in [0.15, 0.2) is 0 Å². The maximum atomic E-state index is 6.67. The molecule has 0 saturated heterocycles. The van der Waals surface area contributed by atoms with E-state index in [0.717, 1.165) is 57.4 Å². The SMILES string of the molecule is Cc1cc(Oc2ccc3c4cc(CCC(C)C)ccc4n(-c4cc(C(C)(C)C)ccn4)c3c2)cc(-n2nc(C)c(-c3ccccc3)c2C)c1. The highest BCUT2D eigenvalue weighted by Crippen LogP contribution is 2.37. The summed E-state index contributed by atoms with van der Waals surface area (Å²) >= 11 is 0. The Morgan fingerprint density at radius 2 is 1.55 bits per heavy atom. The lowest BCUT2D eigenvalue weighted by Gasteiger charge is -2.20. The third-order valence-electron chi connectivity index (χ3n) is 9.52. The predicted molar refractivity (Wildman–Crippen MR) is 204 cm³/mol. The van der Waals surface area contributed by atoms with Crippen molar-refractivity contribution in [2.24, 2.45) is 5.92 Å². The van der Waals surface area contributed by atoms with Gasteiger partial charge in [-0.2, -0.15) is 5.10 Å². The highest BCUT2D eigenvalue weighted by atomic mass is 16.5. The van der Waals surface area contributed by atoms with E-state index in [1.54, 1.807) is 0 Å². The zero-order valence-electron chi connectivity index (χ0n) is 30.0. The normalized spacial score (nSPS) is 12.0. The average Bonchev–Trinajstić information content (AvgIpc) is 3.55. The van der Waals surface area contributed by atoms with Crippen LogP contribution in [0.1, 0.15) is 69.1 Å². The van der Waals surface area contributed by atoms with Crippen LogP contribution >= 0.6 is 0 Å². The van der Waals surface area contributed by atoms with Gasteiger partial charge in [0.25, 0.3) is 0 Å². The largest absolute Gasteiger partial charge is 0.457 e. The first-order valence-corrected chi connectivity index (χ1v) is 17.4. The zero-order chi connectivity index (χ0) is 34.4. The van der Waals surface area contributed by atoms with Crippen molar-refractivity contribution in [1.29, 1.82) is 0 Å². The zero-order valence-corrected chi connectivity index (χ0v) is 30.0. The van der Waals surface area contributed by atoms with Crippen LogP contribution in [0.4, 0.5) is 0 Å². The Morgan fingerprint density at radius 3 is 2.31 bits per heavy atom. The van der Waals surface area contributed by atoms with Crippen LogP contribution in [0.2, 0.25) is 0 Å². The number of aromatic nitrogens is 4.